The number of hydrogen-bond donors (Lipinski definition) is 2. The van der Waals surface area contributed by atoms with Gasteiger partial charge in [0.1, 0.15) is 11.4 Å². The fourth-order valence-corrected chi connectivity index (χ4v) is 2.78. The Hall–Kier alpha value is -2.14. The predicted octanol–water partition coefficient (Wildman–Crippen LogP) is 0.693. The highest BCUT2D eigenvalue weighted by Gasteiger charge is 2.29. The lowest BCUT2D eigenvalue weighted by Gasteiger charge is -2.37. The van der Waals surface area contributed by atoms with E-state index in [1.165, 1.54) is 0 Å². The van der Waals surface area contributed by atoms with Gasteiger partial charge in [0.05, 0.1) is 0 Å². The third-order valence-electron chi connectivity index (χ3n) is 3.99. The molecular formula is C16H19N3O2. The summed E-state index contributed by atoms with van der Waals surface area (Å²) in [6.07, 6.45) is 0. The number of benzene rings is 1. The molecule has 2 N–H and O–H groups in total. The zero-order valence-electron chi connectivity index (χ0n) is 12.1. The topological polar surface area (TPSA) is 61.4 Å². The van der Waals surface area contributed by atoms with Gasteiger partial charge in [-0.2, -0.15) is 0 Å². The molecule has 1 fully saturated rings. The minimum Gasteiger partial charge on any atom is -0.376 e. The molecule has 1 aliphatic rings. The lowest BCUT2D eigenvalue weighted by molar-refractivity contribution is 0.499. The van der Waals surface area contributed by atoms with Crippen molar-refractivity contribution in [1.29, 1.82) is 0 Å². The summed E-state index contributed by atoms with van der Waals surface area (Å²) in [5.74, 6) is 0. The molecule has 0 aromatic heterocycles. The van der Waals surface area contributed by atoms with Crippen LogP contribution in [0.4, 0.5) is 11.4 Å². The smallest absolute Gasteiger partial charge is 0.253 e. The lowest BCUT2D eigenvalue weighted by Crippen LogP contribution is -2.54. The standard InChI is InChI=1S/C16H19N3O2/c1-11-9-17-7-8-19(11)14-13(15(20)16(14)21)18-10-12-5-3-2-4-6-12/h2-6,11,17-18H,7-10H2,1H3. The zero-order chi connectivity index (χ0) is 14.8. The van der Waals surface area contributed by atoms with Gasteiger partial charge in [-0.15, -0.1) is 0 Å². The van der Waals surface area contributed by atoms with Gasteiger partial charge >= 0.3 is 0 Å². The fraction of sp³-hybridized carbons (Fsp3) is 0.375. The highest BCUT2D eigenvalue weighted by molar-refractivity contribution is 5.75. The Morgan fingerprint density at radius 3 is 2.71 bits per heavy atom. The van der Waals surface area contributed by atoms with Gasteiger partial charge in [-0.3, -0.25) is 9.59 Å². The quantitative estimate of drug-likeness (QED) is 0.810. The molecule has 0 bridgehead atoms. The highest BCUT2D eigenvalue weighted by Crippen LogP contribution is 2.23. The van der Waals surface area contributed by atoms with Gasteiger partial charge in [0.2, 0.25) is 0 Å². The van der Waals surface area contributed by atoms with E-state index in [2.05, 4.69) is 17.6 Å². The summed E-state index contributed by atoms with van der Waals surface area (Å²) < 4.78 is 0. The van der Waals surface area contributed by atoms with Crippen molar-refractivity contribution < 1.29 is 0 Å². The predicted molar refractivity (Wildman–Crippen MR) is 84.8 cm³/mol. The molecule has 5 nitrogen and oxygen atoms in total. The van der Waals surface area contributed by atoms with Crippen LogP contribution >= 0.6 is 0 Å². The molecule has 0 aliphatic carbocycles. The summed E-state index contributed by atoms with van der Waals surface area (Å²) in [5.41, 5.74) is 1.36. The van der Waals surface area contributed by atoms with Crippen molar-refractivity contribution in [3.63, 3.8) is 0 Å². The molecule has 0 saturated carbocycles. The van der Waals surface area contributed by atoms with Crippen LogP contribution in [0.5, 0.6) is 0 Å². The fourth-order valence-electron chi connectivity index (χ4n) is 2.78. The number of anilines is 2. The van der Waals surface area contributed by atoms with Gasteiger partial charge in [-0.05, 0) is 12.5 Å². The van der Waals surface area contributed by atoms with Crippen LogP contribution in [0, 0.1) is 0 Å². The molecule has 2 aromatic rings. The van der Waals surface area contributed by atoms with E-state index in [9.17, 15) is 9.59 Å². The first-order valence-electron chi connectivity index (χ1n) is 7.27. The van der Waals surface area contributed by atoms with E-state index in [0.29, 0.717) is 17.9 Å². The maximum atomic E-state index is 11.9. The Bertz CT molecular complexity index is 689. The molecule has 2 aromatic carbocycles. The minimum atomic E-state index is -0.397. The Labute approximate surface area is 123 Å². The van der Waals surface area contributed by atoms with Crippen molar-refractivity contribution in [3.05, 3.63) is 56.3 Å². The van der Waals surface area contributed by atoms with Crippen molar-refractivity contribution in [2.45, 2.75) is 19.5 Å². The molecule has 0 amide bonds. The number of nitrogens with zero attached hydrogens (tertiary/aromatic N) is 1. The van der Waals surface area contributed by atoms with Crippen LogP contribution in [0.1, 0.15) is 12.5 Å². The summed E-state index contributed by atoms with van der Waals surface area (Å²) >= 11 is 0. The summed E-state index contributed by atoms with van der Waals surface area (Å²) in [6.45, 7) is 5.04. The molecule has 1 saturated heterocycles. The largest absolute Gasteiger partial charge is 0.376 e. The number of rotatable bonds is 4. The number of piperazine rings is 1. The zero-order valence-corrected chi connectivity index (χ0v) is 12.1. The van der Waals surface area contributed by atoms with Crippen LogP contribution in [0.15, 0.2) is 39.9 Å². The molecule has 21 heavy (non-hydrogen) atoms. The van der Waals surface area contributed by atoms with Crippen molar-refractivity contribution >= 4 is 11.4 Å². The van der Waals surface area contributed by atoms with E-state index in [1.54, 1.807) is 0 Å². The third kappa shape index (κ3) is 2.56. The second-order valence-corrected chi connectivity index (χ2v) is 5.47. The first-order valence-corrected chi connectivity index (χ1v) is 7.27. The molecule has 110 valence electrons. The maximum Gasteiger partial charge on any atom is 0.253 e. The Morgan fingerprint density at radius 2 is 2.00 bits per heavy atom. The molecule has 1 aliphatic heterocycles. The third-order valence-corrected chi connectivity index (χ3v) is 3.99. The van der Waals surface area contributed by atoms with E-state index in [1.807, 2.05) is 35.2 Å². The molecule has 1 heterocycles. The van der Waals surface area contributed by atoms with E-state index < -0.39 is 5.43 Å². The second kappa shape index (κ2) is 5.69. The van der Waals surface area contributed by atoms with Gasteiger partial charge in [0.15, 0.2) is 0 Å². The molecular weight excluding hydrogens is 266 g/mol. The van der Waals surface area contributed by atoms with E-state index >= 15 is 0 Å². The SMILES string of the molecule is CC1CNCCN1c1c(NCc2ccccc2)c(=O)c1=O. The van der Waals surface area contributed by atoms with Crippen LogP contribution in [0.25, 0.3) is 0 Å². The van der Waals surface area contributed by atoms with Crippen molar-refractivity contribution in [3.8, 4) is 0 Å². The molecule has 1 unspecified atom stereocenters. The van der Waals surface area contributed by atoms with Crippen molar-refractivity contribution in [2.75, 3.05) is 29.9 Å². The molecule has 1 atom stereocenters. The van der Waals surface area contributed by atoms with Gasteiger partial charge < -0.3 is 15.5 Å². The van der Waals surface area contributed by atoms with E-state index in [-0.39, 0.29) is 11.5 Å². The molecule has 0 radical (unpaired) electrons. The monoisotopic (exact) mass is 285 g/mol. The van der Waals surface area contributed by atoms with Gasteiger partial charge in [0, 0.05) is 32.2 Å². The van der Waals surface area contributed by atoms with Gasteiger partial charge in [-0.25, -0.2) is 0 Å². The van der Waals surface area contributed by atoms with Crippen LogP contribution in [0.3, 0.4) is 0 Å². The lowest BCUT2D eigenvalue weighted by atomic mass is 10.1. The summed E-state index contributed by atoms with van der Waals surface area (Å²) in [4.78, 5) is 25.8. The van der Waals surface area contributed by atoms with E-state index in [0.717, 1.165) is 25.2 Å². The maximum absolute atomic E-state index is 11.9. The summed E-state index contributed by atoms with van der Waals surface area (Å²) in [5, 5.41) is 6.42. The van der Waals surface area contributed by atoms with Crippen LogP contribution < -0.4 is 26.4 Å². The Morgan fingerprint density at radius 1 is 1.24 bits per heavy atom. The highest BCUT2D eigenvalue weighted by atomic mass is 16.2. The molecule has 5 heteroatoms. The first kappa shape index (κ1) is 13.8. The Kier molecular flexibility index (Phi) is 3.75. The normalized spacial score (nSPS) is 18.9. The van der Waals surface area contributed by atoms with Crippen molar-refractivity contribution in [2.24, 2.45) is 0 Å². The van der Waals surface area contributed by atoms with Crippen LogP contribution in [-0.2, 0) is 6.54 Å². The molecule has 3 rings (SSSR count). The van der Waals surface area contributed by atoms with Crippen molar-refractivity contribution in [1.82, 2.24) is 5.32 Å². The Balaban J connectivity index is 1.79. The summed E-state index contributed by atoms with van der Waals surface area (Å²) in [6, 6.07) is 10.1. The average Bonchev–Trinajstić information content (AvgIpc) is 2.53. The molecule has 0 spiro atoms. The average molecular weight is 285 g/mol. The van der Waals surface area contributed by atoms with Crippen LogP contribution in [-0.4, -0.2) is 25.7 Å². The van der Waals surface area contributed by atoms with E-state index in [4.69, 9.17) is 0 Å². The number of hydrogen-bond acceptors (Lipinski definition) is 5. The van der Waals surface area contributed by atoms with Gasteiger partial charge in [-0.1, -0.05) is 30.3 Å². The second-order valence-electron chi connectivity index (χ2n) is 5.47. The van der Waals surface area contributed by atoms with Gasteiger partial charge in [0.25, 0.3) is 10.9 Å². The van der Waals surface area contributed by atoms with Crippen LogP contribution in [0.2, 0.25) is 0 Å². The summed E-state index contributed by atoms with van der Waals surface area (Å²) in [7, 11) is 0. The number of nitrogens with one attached hydrogen (secondary N) is 2. The first-order chi connectivity index (χ1) is 10.2. The minimum absolute atomic E-state index is 0.222.